The molecule has 0 bridgehead atoms. The highest BCUT2D eigenvalue weighted by molar-refractivity contribution is 5.18. The van der Waals surface area contributed by atoms with Crippen LogP contribution in [0.3, 0.4) is 0 Å². The van der Waals surface area contributed by atoms with E-state index >= 15 is 0 Å². The minimum absolute atomic E-state index is 0.164. The number of hydrogen-bond donors (Lipinski definition) is 1. The smallest absolute Gasteiger partial charge is 0.0590 e. The van der Waals surface area contributed by atoms with Crippen LogP contribution in [-0.2, 0) is 11.2 Å². The first-order valence-corrected chi connectivity index (χ1v) is 6.03. The fourth-order valence-electron chi connectivity index (χ4n) is 2.23. The van der Waals surface area contributed by atoms with Crippen LogP contribution in [0.15, 0.2) is 18.3 Å². The Morgan fingerprint density at radius 2 is 2.50 bits per heavy atom. The summed E-state index contributed by atoms with van der Waals surface area (Å²) in [7, 11) is 0. The summed E-state index contributed by atoms with van der Waals surface area (Å²) in [5.74, 6) is 0. The maximum atomic E-state index is 6.13. The lowest BCUT2D eigenvalue weighted by atomic mass is 10.0. The van der Waals surface area contributed by atoms with Crippen LogP contribution in [0.5, 0.6) is 0 Å². The van der Waals surface area contributed by atoms with Gasteiger partial charge >= 0.3 is 0 Å². The van der Waals surface area contributed by atoms with Crippen LogP contribution < -0.4 is 5.73 Å². The normalized spacial score (nSPS) is 22.2. The summed E-state index contributed by atoms with van der Waals surface area (Å²) in [4.78, 5) is 4.37. The number of rotatable bonds is 4. The van der Waals surface area contributed by atoms with Gasteiger partial charge in [-0.05, 0) is 37.8 Å². The first-order chi connectivity index (χ1) is 7.75. The van der Waals surface area contributed by atoms with Crippen molar-refractivity contribution in [3.63, 3.8) is 0 Å². The Balaban J connectivity index is 1.86. The zero-order valence-corrected chi connectivity index (χ0v) is 9.86. The molecule has 3 nitrogen and oxygen atoms in total. The first-order valence-electron chi connectivity index (χ1n) is 6.03. The summed E-state index contributed by atoms with van der Waals surface area (Å²) < 4.78 is 5.59. The van der Waals surface area contributed by atoms with Gasteiger partial charge in [0.1, 0.15) is 0 Å². The molecule has 1 aliphatic heterocycles. The third-order valence-corrected chi connectivity index (χ3v) is 3.16. The molecular formula is C13H20N2O. The fourth-order valence-corrected chi connectivity index (χ4v) is 2.23. The standard InChI is InChI=1S/C13H20N2O/c1-10-4-2-6-15-13(10)9-11(14)8-12-5-3-7-16-12/h2,4,6,11-12H,3,5,7-9,14H2,1H3. The van der Waals surface area contributed by atoms with Gasteiger partial charge in [-0.3, -0.25) is 4.98 Å². The number of aromatic nitrogens is 1. The molecule has 2 unspecified atom stereocenters. The highest BCUT2D eigenvalue weighted by atomic mass is 16.5. The Morgan fingerprint density at radius 3 is 3.19 bits per heavy atom. The van der Waals surface area contributed by atoms with Crippen LogP contribution in [0.25, 0.3) is 0 Å². The molecule has 1 saturated heterocycles. The Bertz CT molecular complexity index is 334. The van der Waals surface area contributed by atoms with Crippen LogP contribution in [0.2, 0.25) is 0 Å². The molecule has 0 saturated carbocycles. The van der Waals surface area contributed by atoms with Crippen LogP contribution in [-0.4, -0.2) is 23.7 Å². The predicted octanol–water partition coefficient (Wildman–Crippen LogP) is 1.83. The zero-order valence-electron chi connectivity index (χ0n) is 9.86. The van der Waals surface area contributed by atoms with Crippen LogP contribution >= 0.6 is 0 Å². The van der Waals surface area contributed by atoms with Gasteiger partial charge in [-0.15, -0.1) is 0 Å². The number of hydrogen-bond acceptors (Lipinski definition) is 3. The molecule has 0 aromatic carbocycles. The molecule has 2 rings (SSSR count). The Morgan fingerprint density at radius 1 is 1.62 bits per heavy atom. The predicted molar refractivity (Wildman–Crippen MR) is 64.2 cm³/mol. The average Bonchev–Trinajstić information content (AvgIpc) is 2.74. The van der Waals surface area contributed by atoms with Gasteiger partial charge in [-0.1, -0.05) is 6.07 Å². The summed E-state index contributed by atoms with van der Waals surface area (Å²) in [6, 6.07) is 4.21. The van der Waals surface area contributed by atoms with E-state index in [0.29, 0.717) is 6.10 Å². The summed E-state index contributed by atoms with van der Waals surface area (Å²) in [6.07, 6.45) is 6.36. The van der Waals surface area contributed by atoms with Crippen LogP contribution in [0, 0.1) is 6.92 Å². The van der Waals surface area contributed by atoms with E-state index in [4.69, 9.17) is 10.5 Å². The van der Waals surface area contributed by atoms with E-state index in [-0.39, 0.29) is 6.04 Å². The molecule has 1 aliphatic rings. The van der Waals surface area contributed by atoms with Crippen molar-refractivity contribution < 1.29 is 4.74 Å². The molecule has 1 aromatic heterocycles. The molecule has 0 aliphatic carbocycles. The maximum absolute atomic E-state index is 6.13. The molecule has 1 fully saturated rings. The molecule has 0 radical (unpaired) electrons. The molecule has 0 spiro atoms. The third-order valence-electron chi connectivity index (χ3n) is 3.16. The number of nitrogens with zero attached hydrogens (tertiary/aromatic N) is 1. The summed E-state index contributed by atoms with van der Waals surface area (Å²) in [6.45, 7) is 2.99. The molecule has 3 heteroatoms. The van der Waals surface area contributed by atoms with Crippen LogP contribution in [0.4, 0.5) is 0 Å². The molecule has 88 valence electrons. The van der Waals surface area contributed by atoms with E-state index in [0.717, 1.165) is 31.6 Å². The number of aryl methyl sites for hydroxylation is 1. The molecule has 16 heavy (non-hydrogen) atoms. The van der Waals surface area contributed by atoms with Crippen molar-refractivity contribution in [2.75, 3.05) is 6.61 Å². The van der Waals surface area contributed by atoms with Gasteiger partial charge in [0.25, 0.3) is 0 Å². The van der Waals surface area contributed by atoms with Gasteiger partial charge in [-0.25, -0.2) is 0 Å². The number of nitrogens with two attached hydrogens (primary N) is 1. The lowest BCUT2D eigenvalue weighted by molar-refractivity contribution is 0.0982. The molecule has 2 atom stereocenters. The molecule has 2 N–H and O–H groups in total. The van der Waals surface area contributed by atoms with E-state index in [1.807, 2.05) is 12.3 Å². The van der Waals surface area contributed by atoms with Crippen molar-refractivity contribution in [1.82, 2.24) is 4.98 Å². The van der Waals surface area contributed by atoms with Crippen molar-refractivity contribution in [1.29, 1.82) is 0 Å². The van der Waals surface area contributed by atoms with Crippen molar-refractivity contribution in [2.45, 2.75) is 44.8 Å². The molecular weight excluding hydrogens is 200 g/mol. The van der Waals surface area contributed by atoms with Gasteiger partial charge in [0.05, 0.1) is 6.10 Å². The zero-order chi connectivity index (χ0) is 11.4. The summed E-state index contributed by atoms with van der Waals surface area (Å²) >= 11 is 0. The SMILES string of the molecule is Cc1cccnc1CC(N)CC1CCCO1. The second-order valence-corrected chi connectivity index (χ2v) is 4.60. The monoisotopic (exact) mass is 220 g/mol. The van der Waals surface area contributed by atoms with E-state index in [1.165, 1.54) is 12.0 Å². The first kappa shape index (κ1) is 11.6. The minimum atomic E-state index is 0.164. The van der Waals surface area contributed by atoms with Gasteiger partial charge in [0.2, 0.25) is 0 Å². The van der Waals surface area contributed by atoms with Crippen molar-refractivity contribution >= 4 is 0 Å². The number of ether oxygens (including phenoxy) is 1. The molecule has 0 amide bonds. The molecule has 2 heterocycles. The van der Waals surface area contributed by atoms with Crippen molar-refractivity contribution in [3.8, 4) is 0 Å². The van der Waals surface area contributed by atoms with E-state index < -0.39 is 0 Å². The van der Waals surface area contributed by atoms with Gasteiger partial charge in [0.15, 0.2) is 0 Å². The van der Waals surface area contributed by atoms with Gasteiger partial charge in [-0.2, -0.15) is 0 Å². The Hall–Kier alpha value is -0.930. The average molecular weight is 220 g/mol. The summed E-state index contributed by atoms with van der Waals surface area (Å²) in [5, 5.41) is 0. The molecule has 1 aromatic rings. The van der Waals surface area contributed by atoms with E-state index in [1.54, 1.807) is 0 Å². The topological polar surface area (TPSA) is 48.1 Å². The highest BCUT2D eigenvalue weighted by Crippen LogP contribution is 2.18. The van der Waals surface area contributed by atoms with E-state index in [9.17, 15) is 0 Å². The summed E-state index contributed by atoms with van der Waals surface area (Å²) in [5.41, 5.74) is 8.48. The minimum Gasteiger partial charge on any atom is -0.378 e. The third kappa shape index (κ3) is 3.03. The maximum Gasteiger partial charge on any atom is 0.0590 e. The lowest BCUT2D eigenvalue weighted by Gasteiger charge is -2.16. The second kappa shape index (κ2) is 5.41. The lowest BCUT2D eigenvalue weighted by Crippen LogP contribution is -2.28. The van der Waals surface area contributed by atoms with Gasteiger partial charge in [0, 0.05) is 31.0 Å². The van der Waals surface area contributed by atoms with Crippen LogP contribution in [0.1, 0.15) is 30.5 Å². The Kier molecular flexibility index (Phi) is 3.91. The number of pyridine rings is 1. The fraction of sp³-hybridized carbons (Fsp3) is 0.615. The quantitative estimate of drug-likeness (QED) is 0.842. The van der Waals surface area contributed by atoms with Gasteiger partial charge < -0.3 is 10.5 Å². The highest BCUT2D eigenvalue weighted by Gasteiger charge is 2.19. The van der Waals surface area contributed by atoms with Crippen molar-refractivity contribution in [2.24, 2.45) is 5.73 Å². The van der Waals surface area contributed by atoms with Crippen molar-refractivity contribution in [3.05, 3.63) is 29.6 Å². The Labute approximate surface area is 97.0 Å². The largest absolute Gasteiger partial charge is 0.378 e. The second-order valence-electron chi connectivity index (χ2n) is 4.60. The van der Waals surface area contributed by atoms with E-state index in [2.05, 4.69) is 18.0 Å².